The summed E-state index contributed by atoms with van der Waals surface area (Å²) in [6.07, 6.45) is 7.73. The molecule has 0 radical (unpaired) electrons. The Morgan fingerprint density at radius 2 is 1.88 bits per heavy atom. The molecule has 0 N–H and O–H groups in total. The van der Waals surface area contributed by atoms with Gasteiger partial charge < -0.3 is 19.4 Å². The number of amides is 2. The quantitative estimate of drug-likeness (QED) is 0.148. The number of rotatable bonds is 10. The fraction of sp³-hybridized carbons (Fsp3) is 0.450. The van der Waals surface area contributed by atoms with Crippen LogP contribution in [0.1, 0.15) is 56.0 Å². The minimum absolute atomic E-state index is 0.0381. The summed E-state index contributed by atoms with van der Waals surface area (Å²) in [5.41, 5.74) is 1.41. The van der Waals surface area contributed by atoms with Crippen LogP contribution in [0, 0.1) is 23.1 Å². The van der Waals surface area contributed by atoms with Crippen LogP contribution in [0.5, 0.6) is 11.5 Å². The zero-order valence-corrected chi connectivity index (χ0v) is 30.9. The molecule has 1 spiro atoms. The first-order valence-corrected chi connectivity index (χ1v) is 18.9. The van der Waals surface area contributed by atoms with Gasteiger partial charge in [0.1, 0.15) is 17.9 Å². The van der Waals surface area contributed by atoms with Gasteiger partial charge in [0.25, 0.3) is 5.91 Å². The second-order valence-corrected chi connectivity index (χ2v) is 15.6. The number of anilines is 1. The molecule has 52 heavy (non-hydrogen) atoms. The number of likely N-dealkylation sites (tertiary alicyclic amines) is 2. The molecule has 4 fully saturated rings. The summed E-state index contributed by atoms with van der Waals surface area (Å²) in [4.78, 5) is 43.6. The van der Waals surface area contributed by atoms with Gasteiger partial charge >= 0.3 is 0 Å². The van der Waals surface area contributed by atoms with Crippen LogP contribution in [0.4, 0.5) is 10.2 Å². The average Bonchev–Trinajstić information content (AvgIpc) is 3.74. The molecular weight excluding hydrogens is 678 g/mol. The third kappa shape index (κ3) is 7.54. The zero-order chi connectivity index (χ0) is 36.4. The molecule has 10 nitrogen and oxygen atoms in total. The van der Waals surface area contributed by atoms with Crippen molar-refractivity contribution in [3.8, 4) is 23.3 Å². The highest BCUT2D eigenvalue weighted by Gasteiger charge is 2.46. The fourth-order valence-electron chi connectivity index (χ4n) is 7.93. The highest BCUT2D eigenvalue weighted by atomic mass is 32.2. The molecule has 272 valence electrons. The highest BCUT2D eigenvalue weighted by molar-refractivity contribution is 7.97. The summed E-state index contributed by atoms with van der Waals surface area (Å²) < 4.78 is 23.0. The second-order valence-electron chi connectivity index (χ2n) is 14.5. The Labute approximate surface area is 310 Å². The summed E-state index contributed by atoms with van der Waals surface area (Å²) in [7, 11) is 0. The standard InChI is InChI=1S/C40H46FN7O3S/c1-5-37(49)47-23-32-21-31(47)24-48(32)52-33-12-9-29(10-13-33)8-7-17-44-18-15-40(16-19-44)25-45(26-40)38-36(22-42-27-43-38)51-35-14-11-30(41)20-34(35)39(50)46(6-2)28(3)4/h5,9-14,20,22,27-28,31-32H,1,6,15-19,21,23-26H2,2-4H3/t31-,32-/m0/s1. The predicted molar refractivity (Wildman–Crippen MR) is 201 cm³/mol. The van der Waals surface area contributed by atoms with E-state index in [2.05, 4.69) is 66.8 Å². The lowest BCUT2D eigenvalue weighted by atomic mass is 9.72. The average molecular weight is 724 g/mol. The molecule has 5 heterocycles. The molecule has 4 aliphatic rings. The summed E-state index contributed by atoms with van der Waals surface area (Å²) >= 11 is 1.77. The summed E-state index contributed by atoms with van der Waals surface area (Å²) in [5.74, 6) is 7.41. The largest absolute Gasteiger partial charge is 0.451 e. The number of benzene rings is 2. The van der Waals surface area contributed by atoms with Crippen molar-refractivity contribution < 1.29 is 18.7 Å². The molecule has 0 unspecified atom stereocenters. The van der Waals surface area contributed by atoms with E-state index in [0.29, 0.717) is 24.2 Å². The normalized spacial score (nSPS) is 20.8. The summed E-state index contributed by atoms with van der Waals surface area (Å²) in [6, 6.07) is 13.1. The number of halogens is 1. The second kappa shape index (κ2) is 15.3. The lowest BCUT2D eigenvalue weighted by Gasteiger charge is -2.54. The van der Waals surface area contributed by atoms with Crippen molar-refractivity contribution in [1.29, 1.82) is 0 Å². The van der Waals surface area contributed by atoms with Gasteiger partial charge in [-0.1, -0.05) is 18.4 Å². The Balaban J connectivity index is 0.892. The SMILES string of the molecule is C=CC(=O)N1C[C@@H]2C[C@H]1CN2Sc1ccc(C#CCN2CCC3(CC2)CN(c2ncncc2Oc2ccc(F)cc2C(=O)N(CC)C(C)C)C3)cc1. The van der Waals surface area contributed by atoms with Gasteiger partial charge in [-0.2, -0.15) is 0 Å². The molecule has 12 heteroatoms. The third-order valence-electron chi connectivity index (χ3n) is 10.8. The molecule has 1 aromatic heterocycles. The first-order chi connectivity index (χ1) is 25.1. The van der Waals surface area contributed by atoms with E-state index in [9.17, 15) is 14.0 Å². The monoisotopic (exact) mass is 723 g/mol. The molecular formula is C40H46FN7O3S. The van der Waals surface area contributed by atoms with Crippen LogP contribution in [0.2, 0.25) is 0 Å². The zero-order valence-electron chi connectivity index (χ0n) is 30.1. The van der Waals surface area contributed by atoms with Crippen LogP contribution < -0.4 is 9.64 Å². The number of carbonyl (C=O) groups is 2. The van der Waals surface area contributed by atoms with Gasteiger partial charge in [0.15, 0.2) is 11.6 Å². The first-order valence-electron chi connectivity index (χ1n) is 18.2. The Kier molecular flexibility index (Phi) is 10.6. The van der Waals surface area contributed by atoms with Crippen LogP contribution in [0.25, 0.3) is 0 Å². The molecule has 4 aliphatic heterocycles. The van der Waals surface area contributed by atoms with Gasteiger partial charge in [-0.25, -0.2) is 18.7 Å². The van der Waals surface area contributed by atoms with Crippen LogP contribution >= 0.6 is 11.9 Å². The Morgan fingerprint density at radius 1 is 1.12 bits per heavy atom. The van der Waals surface area contributed by atoms with Gasteiger partial charge in [-0.3, -0.25) is 14.5 Å². The number of piperazine rings is 1. The minimum atomic E-state index is -0.492. The molecule has 0 aliphatic carbocycles. The maximum atomic E-state index is 14.3. The summed E-state index contributed by atoms with van der Waals surface area (Å²) in [5, 5.41) is 0. The van der Waals surface area contributed by atoms with E-state index >= 15 is 0 Å². The lowest BCUT2D eigenvalue weighted by Crippen LogP contribution is -2.60. The number of hydrogen-bond acceptors (Lipinski definition) is 9. The number of hydrogen-bond donors (Lipinski definition) is 0. The van der Waals surface area contributed by atoms with Crippen molar-refractivity contribution in [3.05, 3.63) is 84.6 Å². The maximum Gasteiger partial charge on any atom is 0.257 e. The molecule has 2 amide bonds. The predicted octanol–water partition coefficient (Wildman–Crippen LogP) is 5.71. The number of nitrogens with zero attached hydrogens (tertiary/aromatic N) is 7. The topological polar surface area (TPSA) is 85.4 Å². The van der Waals surface area contributed by atoms with Crippen LogP contribution in [-0.4, -0.2) is 111 Å². The molecule has 3 aromatic rings. The van der Waals surface area contributed by atoms with E-state index in [4.69, 9.17) is 4.74 Å². The van der Waals surface area contributed by atoms with E-state index < -0.39 is 5.82 Å². The number of fused-ring (bicyclic) bond motifs is 2. The molecule has 4 saturated heterocycles. The van der Waals surface area contributed by atoms with Crippen molar-refractivity contribution >= 4 is 29.6 Å². The molecule has 7 rings (SSSR count). The van der Waals surface area contributed by atoms with Crippen LogP contribution in [-0.2, 0) is 4.79 Å². The van der Waals surface area contributed by atoms with Gasteiger partial charge in [-0.15, -0.1) is 0 Å². The Hall–Kier alpha value is -4.44. The van der Waals surface area contributed by atoms with Gasteiger partial charge in [-0.05, 0) is 114 Å². The van der Waals surface area contributed by atoms with Crippen molar-refractivity contribution in [2.24, 2.45) is 5.41 Å². The number of carbonyl (C=O) groups excluding carboxylic acids is 2. The van der Waals surface area contributed by atoms with Crippen LogP contribution in [0.3, 0.4) is 0 Å². The van der Waals surface area contributed by atoms with E-state index in [-0.39, 0.29) is 40.6 Å². The number of aromatic nitrogens is 2. The van der Waals surface area contributed by atoms with E-state index in [1.807, 2.05) is 25.7 Å². The third-order valence-corrected chi connectivity index (χ3v) is 12.0. The fourth-order valence-corrected chi connectivity index (χ4v) is 9.00. The molecule has 2 bridgehead atoms. The Morgan fingerprint density at radius 3 is 2.56 bits per heavy atom. The Bertz CT molecular complexity index is 1860. The van der Waals surface area contributed by atoms with Crippen molar-refractivity contribution in [3.63, 3.8) is 0 Å². The van der Waals surface area contributed by atoms with Crippen molar-refractivity contribution in [2.75, 3.05) is 57.3 Å². The molecule has 2 aromatic carbocycles. The highest BCUT2D eigenvalue weighted by Crippen LogP contribution is 2.45. The number of ether oxygens (including phenoxy) is 1. The van der Waals surface area contributed by atoms with Gasteiger partial charge in [0.2, 0.25) is 5.91 Å². The van der Waals surface area contributed by atoms with Crippen molar-refractivity contribution in [2.45, 2.75) is 63.1 Å². The van der Waals surface area contributed by atoms with Crippen LogP contribution in [0.15, 0.2) is 72.5 Å². The van der Waals surface area contributed by atoms with E-state index in [0.717, 1.165) is 70.6 Å². The first kappa shape index (κ1) is 35.9. The smallest absolute Gasteiger partial charge is 0.257 e. The number of piperidine rings is 1. The van der Waals surface area contributed by atoms with Gasteiger partial charge in [0, 0.05) is 66.7 Å². The minimum Gasteiger partial charge on any atom is -0.451 e. The lowest BCUT2D eigenvalue weighted by molar-refractivity contribution is -0.127. The molecule has 0 saturated carbocycles. The van der Waals surface area contributed by atoms with E-state index in [1.165, 1.54) is 35.5 Å². The maximum absolute atomic E-state index is 14.3. The van der Waals surface area contributed by atoms with Crippen molar-refractivity contribution in [1.82, 2.24) is 29.0 Å². The van der Waals surface area contributed by atoms with Gasteiger partial charge in [0.05, 0.1) is 18.3 Å². The molecule has 2 atom stereocenters. The van der Waals surface area contributed by atoms with E-state index in [1.54, 1.807) is 23.0 Å². The summed E-state index contributed by atoms with van der Waals surface area (Å²) in [6.45, 7) is 16.0.